The molecule has 0 saturated heterocycles. The van der Waals surface area contributed by atoms with Crippen LogP contribution in [0, 0.1) is 11.3 Å². The van der Waals surface area contributed by atoms with Gasteiger partial charge in [0.1, 0.15) is 5.78 Å². The van der Waals surface area contributed by atoms with Crippen LogP contribution in [-0.4, -0.2) is 28.5 Å². The highest BCUT2D eigenvalue weighted by Gasteiger charge is 2.73. The number of hydrogen-bond acceptors (Lipinski definition) is 3. The quantitative estimate of drug-likeness (QED) is 0.608. The molecule has 3 unspecified atom stereocenters. The largest absolute Gasteiger partial charge is 0.299 e. The zero-order valence-electron chi connectivity index (χ0n) is 8.40. The minimum Gasteiger partial charge on any atom is -0.299 e. The van der Waals surface area contributed by atoms with Crippen molar-refractivity contribution in [2.75, 3.05) is 0 Å². The zero-order chi connectivity index (χ0) is 10.8. The van der Waals surface area contributed by atoms with E-state index in [9.17, 15) is 14.4 Å². The van der Waals surface area contributed by atoms with Gasteiger partial charge in [-0.05, 0) is 25.7 Å². The van der Waals surface area contributed by atoms with Gasteiger partial charge in [-0.15, -0.1) is 0 Å². The zero-order valence-corrected chi connectivity index (χ0v) is 8.40. The summed E-state index contributed by atoms with van der Waals surface area (Å²) in [6.07, 6.45) is 4.22. The Morgan fingerprint density at radius 1 is 1.40 bits per heavy atom. The second kappa shape index (κ2) is 2.38. The highest BCUT2D eigenvalue weighted by Crippen LogP contribution is 2.69. The van der Waals surface area contributed by atoms with Crippen LogP contribution in [0.15, 0.2) is 12.2 Å². The standard InChI is InChI=1S/C11H11NO3/c1-6(13)11-5-7(11)4-8(11)12-9(14)2-3-10(12)15/h2-3,7-8H,4-5H2,1H3. The van der Waals surface area contributed by atoms with E-state index in [0.717, 1.165) is 12.8 Å². The third-order valence-corrected chi connectivity index (χ3v) is 4.07. The topological polar surface area (TPSA) is 54.5 Å². The summed E-state index contributed by atoms with van der Waals surface area (Å²) in [6.45, 7) is 1.56. The average Bonchev–Trinajstić information content (AvgIpc) is 2.63. The van der Waals surface area contributed by atoms with Gasteiger partial charge in [0.25, 0.3) is 11.8 Å². The number of carbonyl (C=O) groups is 3. The third-order valence-electron chi connectivity index (χ3n) is 4.07. The highest BCUT2D eigenvalue weighted by molar-refractivity contribution is 6.13. The van der Waals surface area contributed by atoms with E-state index in [1.807, 2.05) is 0 Å². The van der Waals surface area contributed by atoms with Gasteiger partial charge < -0.3 is 0 Å². The van der Waals surface area contributed by atoms with Gasteiger partial charge >= 0.3 is 0 Å². The average molecular weight is 205 g/mol. The minimum absolute atomic E-state index is 0.122. The number of fused-ring (bicyclic) bond motifs is 1. The second-order valence-corrected chi connectivity index (χ2v) is 4.63. The van der Waals surface area contributed by atoms with Crippen LogP contribution in [0.4, 0.5) is 0 Å². The predicted octanol–water partition coefficient (Wildman–Crippen LogP) is 0.279. The van der Waals surface area contributed by atoms with E-state index in [0.29, 0.717) is 5.92 Å². The first kappa shape index (κ1) is 8.83. The molecule has 0 aromatic carbocycles. The maximum Gasteiger partial charge on any atom is 0.253 e. The first-order valence-electron chi connectivity index (χ1n) is 5.13. The fourth-order valence-corrected chi connectivity index (χ4v) is 3.09. The molecule has 4 nitrogen and oxygen atoms in total. The van der Waals surface area contributed by atoms with Crippen molar-refractivity contribution in [2.45, 2.75) is 25.8 Å². The number of amides is 2. The normalized spacial score (nSPS) is 41.5. The van der Waals surface area contributed by atoms with Crippen molar-refractivity contribution in [2.24, 2.45) is 11.3 Å². The predicted molar refractivity (Wildman–Crippen MR) is 50.6 cm³/mol. The van der Waals surface area contributed by atoms with Crippen molar-refractivity contribution < 1.29 is 14.4 Å². The summed E-state index contributed by atoms with van der Waals surface area (Å²) >= 11 is 0. The molecule has 2 aliphatic carbocycles. The molecule has 2 amide bonds. The van der Waals surface area contributed by atoms with Gasteiger partial charge in [0.2, 0.25) is 0 Å². The number of carbonyl (C=O) groups excluding carboxylic acids is 3. The summed E-state index contributed by atoms with van der Waals surface area (Å²) in [5.74, 6) is 0.00407. The Morgan fingerprint density at radius 2 is 2.00 bits per heavy atom. The smallest absolute Gasteiger partial charge is 0.253 e. The number of imide groups is 1. The molecular weight excluding hydrogens is 194 g/mol. The van der Waals surface area contributed by atoms with E-state index < -0.39 is 0 Å². The van der Waals surface area contributed by atoms with Crippen molar-refractivity contribution in [1.29, 1.82) is 0 Å². The molecule has 0 bridgehead atoms. The molecule has 3 atom stereocenters. The Balaban J connectivity index is 1.89. The maximum atomic E-state index is 11.5. The molecule has 2 saturated carbocycles. The minimum atomic E-state index is -0.364. The number of ketones is 1. The summed E-state index contributed by atoms with van der Waals surface area (Å²) in [7, 11) is 0. The fraction of sp³-hybridized carbons (Fsp3) is 0.545. The van der Waals surface area contributed by atoms with Crippen LogP contribution in [0.25, 0.3) is 0 Å². The molecular formula is C11H11NO3. The van der Waals surface area contributed by atoms with Crippen LogP contribution in [0.3, 0.4) is 0 Å². The number of nitrogens with zero attached hydrogens (tertiary/aromatic N) is 1. The third kappa shape index (κ3) is 0.850. The Bertz CT molecular complexity index is 408. The molecule has 0 aromatic heterocycles. The SMILES string of the molecule is CC(=O)C12CC1CC2N1C(=O)C=CC1=O. The molecule has 0 N–H and O–H groups in total. The first-order chi connectivity index (χ1) is 7.07. The number of Topliss-reactive ketones (excluding diaryl/α,β-unsaturated/α-hetero) is 1. The molecule has 4 heteroatoms. The van der Waals surface area contributed by atoms with Gasteiger partial charge in [-0.2, -0.15) is 0 Å². The van der Waals surface area contributed by atoms with Crippen molar-refractivity contribution in [3.05, 3.63) is 12.2 Å². The molecule has 1 heterocycles. The monoisotopic (exact) mass is 205 g/mol. The molecule has 1 aliphatic heterocycles. The van der Waals surface area contributed by atoms with Gasteiger partial charge in [-0.3, -0.25) is 19.3 Å². The molecule has 0 spiro atoms. The first-order valence-corrected chi connectivity index (χ1v) is 5.13. The summed E-state index contributed by atoms with van der Waals surface area (Å²) < 4.78 is 0. The van der Waals surface area contributed by atoms with Gasteiger partial charge in [0.15, 0.2) is 0 Å². The Morgan fingerprint density at radius 3 is 2.40 bits per heavy atom. The molecule has 78 valence electrons. The lowest BCUT2D eigenvalue weighted by Crippen LogP contribution is -2.53. The van der Waals surface area contributed by atoms with Gasteiger partial charge in [0, 0.05) is 12.2 Å². The molecule has 0 radical (unpaired) electrons. The lowest BCUT2D eigenvalue weighted by molar-refractivity contribution is -0.146. The van der Waals surface area contributed by atoms with E-state index in [-0.39, 0.29) is 29.1 Å². The van der Waals surface area contributed by atoms with E-state index in [1.54, 1.807) is 6.92 Å². The van der Waals surface area contributed by atoms with Crippen LogP contribution in [0.5, 0.6) is 0 Å². The lowest BCUT2D eigenvalue weighted by atomic mass is 9.75. The van der Waals surface area contributed by atoms with E-state index in [4.69, 9.17) is 0 Å². The van der Waals surface area contributed by atoms with Crippen LogP contribution >= 0.6 is 0 Å². The molecule has 0 aromatic rings. The van der Waals surface area contributed by atoms with Gasteiger partial charge in [-0.25, -0.2) is 0 Å². The van der Waals surface area contributed by atoms with Crippen molar-refractivity contribution >= 4 is 17.6 Å². The summed E-state index contributed by atoms with van der Waals surface area (Å²) in [4.78, 5) is 35.7. The van der Waals surface area contributed by atoms with Crippen molar-refractivity contribution in [3.63, 3.8) is 0 Å². The summed E-state index contributed by atoms with van der Waals surface area (Å²) in [5, 5.41) is 0. The number of hydrogen-bond donors (Lipinski definition) is 0. The summed E-state index contributed by atoms with van der Waals surface area (Å²) in [5.41, 5.74) is -0.364. The second-order valence-electron chi connectivity index (χ2n) is 4.63. The Hall–Kier alpha value is -1.45. The van der Waals surface area contributed by atoms with E-state index >= 15 is 0 Å². The van der Waals surface area contributed by atoms with E-state index in [2.05, 4.69) is 0 Å². The van der Waals surface area contributed by atoms with Crippen LogP contribution in [0.2, 0.25) is 0 Å². The summed E-state index contributed by atoms with van der Waals surface area (Å²) in [6, 6.07) is -0.171. The maximum absolute atomic E-state index is 11.5. The van der Waals surface area contributed by atoms with Crippen LogP contribution < -0.4 is 0 Å². The molecule has 3 rings (SSSR count). The fourth-order valence-electron chi connectivity index (χ4n) is 3.09. The Labute approximate surface area is 86.9 Å². The Kier molecular flexibility index (Phi) is 1.40. The highest BCUT2D eigenvalue weighted by atomic mass is 16.2. The van der Waals surface area contributed by atoms with Crippen LogP contribution in [0.1, 0.15) is 19.8 Å². The number of rotatable bonds is 2. The van der Waals surface area contributed by atoms with Gasteiger partial charge in [-0.1, -0.05) is 0 Å². The van der Waals surface area contributed by atoms with Crippen molar-refractivity contribution in [3.8, 4) is 0 Å². The van der Waals surface area contributed by atoms with Gasteiger partial charge in [0.05, 0.1) is 11.5 Å². The van der Waals surface area contributed by atoms with Crippen LogP contribution in [-0.2, 0) is 14.4 Å². The lowest BCUT2D eigenvalue weighted by Gasteiger charge is -2.39. The van der Waals surface area contributed by atoms with Crippen molar-refractivity contribution in [1.82, 2.24) is 4.90 Å². The molecule has 2 fully saturated rings. The molecule has 15 heavy (non-hydrogen) atoms. The van der Waals surface area contributed by atoms with E-state index in [1.165, 1.54) is 17.1 Å². The molecule has 3 aliphatic rings.